The molecule has 0 aromatic heterocycles. The summed E-state index contributed by atoms with van der Waals surface area (Å²) in [5.41, 5.74) is 1.30. The largest absolute Gasteiger partial charge is 0.497 e. The summed E-state index contributed by atoms with van der Waals surface area (Å²) in [6.45, 7) is 3.22. The van der Waals surface area contributed by atoms with E-state index in [-0.39, 0.29) is 0 Å². The summed E-state index contributed by atoms with van der Waals surface area (Å²) in [6.07, 6.45) is 4.04. The fraction of sp³-hybridized carbons (Fsp3) is 0.571. The molecule has 1 aromatic rings. The van der Waals surface area contributed by atoms with Gasteiger partial charge in [-0.15, -0.1) is 0 Å². The number of hydrogen-bond acceptors (Lipinski definition) is 2. The maximum atomic E-state index is 5.22. The minimum absolute atomic E-state index is 0.700. The summed E-state index contributed by atoms with van der Waals surface area (Å²) in [6, 6.07) is 8.99. The lowest BCUT2D eigenvalue weighted by Gasteiger charge is -2.16. The molecule has 2 nitrogen and oxygen atoms in total. The maximum absolute atomic E-state index is 5.22. The van der Waals surface area contributed by atoms with E-state index in [2.05, 4.69) is 24.4 Å². The number of nitrogens with one attached hydrogen (secondary N) is 1. The quantitative estimate of drug-likeness (QED) is 0.794. The van der Waals surface area contributed by atoms with Crippen LogP contribution in [0.3, 0.4) is 0 Å². The normalized spacial score (nSPS) is 17.1. The Morgan fingerprint density at radius 2 is 2.25 bits per heavy atom. The van der Waals surface area contributed by atoms with Crippen molar-refractivity contribution in [2.45, 2.75) is 38.8 Å². The van der Waals surface area contributed by atoms with E-state index in [1.807, 2.05) is 12.1 Å². The van der Waals surface area contributed by atoms with E-state index in [0.29, 0.717) is 6.04 Å². The van der Waals surface area contributed by atoms with Crippen LogP contribution < -0.4 is 10.1 Å². The van der Waals surface area contributed by atoms with E-state index in [0.717, 1.165) is 18.2 Å². The Hall–Kier alpha value is -1.02. The molecule has 0 heterocycles. The van der Waals surface area contributed by atoms with E-state index >= 15 is 0 Å². The van der Waals surface area contributed by atoms with Crippen molar-refractivity contribution in [3.63, 3.8) is 0 Å². The average molecular weight is 219 g/mol. The highest BCUT2D eigenvalue weighted by Crippen LogP contribution is 2.34. The van der Waals surface area contributed by atoms with Crippen LogP contribution in [0, 0.1) is 5.92 Å². The van der Waals surface area contributed by atoms with E-state index in [1.54, 1.807) is 7.11 Å². The van der Waals surface area contributed by atoms with Crippen LogP contribution in [-0.4, -0.2) is 13.2 Å². The molecule has 0 radical (unpaired) electrons. The number of benzene rings is 1. The fourth-order valence-electron chi connectivity index (χ4n) is 2.17. The van der Waals surface area contributed by atoms with Crippen LogP contribution in [0.1, 0.15) is 31.7 Å². The minimum Gasteiger partial charge on any atom is -0.497 e. The second kappa shape index (κ2) is 5.35. The van der Waals surface area contributed by atoms with Gasteiger partial charge in [0, 0.05) is 12.6 Å². The van der Waals surface area contributed by atoms with Crippen LogP contribution in [0.4, 0.5) is 0 Å². The Morgan fingerprint density at radius 1 is 1.44 bits per heavy atom. The summed E-state index contributed by atoms with van der Waals surface area (Å²) in [5, 5.41) is 3.64. The van der Waals surface area contributed by atoms with Gasteiger partial charge < -0.3 is 10.1 Å². The van der Waals surface area contributed by atoms with E-state index < -0.39 is 0 Å². The van der Waals surface area contributed by atoms with Crippen LogP contribution in [0.25, 0.3) is 0 Å². The standard InChI is InChI=1S/C14H21NO/c1-3-14(12-7-8-12)15-10-11-5-4-6-13(9-11)16-2/h4-6,9,12,14-15H,3,7-8,10H2,1-2H3. The number of ether oxygens (including phenoxy) is 1. The van der Waals surface area contributed by atoms with Gasteiger partial charge in [-0.05, 0) is 42.9 Å². The van der Waals surface area contributed by atoms with Crippen molar-refractivity contribution < 1.29 is 4.74 Å². The molecule has 88 valence electrons. The fourth-order valence-corrected chi connectivity index (χ4v) is 2.17. The molecular formula is C14H21NO. The first-order valence-electron chi connectivity index (χ1n) is 6.19. The average Bonchev–Trinajstić information content (AvgIpc) is 3.15. The highest BCUT2D eigenvalue weighted by molar-refractivity contribution is 5.28. The molecule has 1 fully saturated rings. The first-order valence-corrected chi connectivity index (χ1v) is 6.19. The van der Waals surface area contributed by atoms with Gasteiger partial charge in [0.2, 0.25) is 0 Å². The van der Waals surface area contributed by atoms with Crippen LogP contribution in [0.2, 0.25) is 0 Å². The molecule has 1 unspecified atom stereocenters. The van der Waals surface area contributed by atoms with Crippen LogP contribution in [-0.2, 0) is 6.54 Å². The third kappa shape index (κ3) is 2.99. The molecule has 0 spiro atoms. The Morgan fingerprint density at radius 3 is 2.88 bits per heavy atom. The molecule has 2 heteroatoms. The second-order valence-electron chi connectivity index (χ2n) is 4.58. The van der Waals surface area contributed by atoms with E-state index in [9.17, 15) is 0 Å². The van der Waals surface area contributed by atoms with Gasteiger partial charge in [0.15, 0.2) is 0 Å². The molecule has 1 aliphatic rings. The summed E-state index contributed by atoms with van der Waals surface area (Å²) >= 11 is 0. The first-order chi connectivity index (χ1) is 7.83. The van der Waals surface area contributed by atoms with E-state index in [1.165, 1.54) is 24.8 Å². The summed E-state index contributed by atoms with van der Waals surface area (Å²) in [5.74, 6) is 1.87. The van der Waals surface area contributed by atoms with Crippen molar-refractivity contribution in [2.75, 3.05) is 7.11 Å². The topological polar surface area (TPSA) is 21.3 Å². The number of methoxy groups -OCH3 is 1. The molecule has 0 amide bonds. The van der Waals surface area contributed by atoms with Crippen molar-refractivity contribution in [3.8, 4) is 5.75 Å². The summed E-state index contributed by atoms with van der Waals surface area (Å²) in [4.78, 5) is 0. The first kappa shape index (κ1) is 11.5. The molecule has 0 saturated heterocycles. The van der Waals surface area contributed by atoms with Crippen LogP contribution in [0.15, 0.2) is 24.3 Å². The molecule has 1 atom stereocenters. The lowest BCUT2D eigenvalue weighted by molar-refractivity contribution is 0.412. The molecule has 1 saturated carbocycles. The third-order valence-corrected chi connectivity index (χ3v) is 3.33. The Kier molecular flexibility index (Phi) is 3.83. The number of rotatable bonds is 6. The van der Waals surface area contributed by atoms with Crippen molar-refractivity contribution in [3.05, 3.63) is 29.8 Å². The molecular weight excluding hydrogens is 198 g/mol. The smallest absolute Gasteiger partial charge is 0.119 e. The lowest BCUT2D eigenvalue weighted by Crippen LogP contribution is -2.29. The Balaban J connectivity index is 1.87. The van der Waals surface area contributed by atoms with Gasteiger partial charge in [-0.1, -0.05) is 19.1 Å². The molecule has 0 bridgehead atoms. The SMILES string of the molecule is CCC(NCc1cccc(OC)c1)C1CC1. The van der Waals surface area contributed by atoms with Gasteiger partial charge in [0.1, 0.15) is 5.75 Å². The van der Waals surface area contributed by atoms with Crippen LogP contribution in [0.5, 0.6) is 5.75 Å². The predicted molar refractivity (Wildman–Crippen MR) is 66.6 cm³/mol. The molecule has 1 N–H and O–H groups in total. The molecule has 1 aromatic carbocycles. The zero-order valence-electron chi connectivity index (χ0n) is 10.2. The van der Waals surface area contributed by atoms with Crippen molar-refractivity contribution in [2.24, 2.45) is 5.92 Å². The van der Waals surface area contributed by atoms with Gasteiger partial charge >= 0.3 is 0 Å². The summed E-state index contributed by atoms with van der Waals surface area (Å²) in [7, 11) is 1.71. The van der Waals surface area contributed by atoms with Crippen LogP contribution >= 0.6 is 0 Å². The molecule has 2 rings (SSSR count). The van der Waals surface area contributed by atoms with Gasteiger partial charge in [0.25, 0.3) is 0 Å². The molecule has 16 heavy (non-hydrogen) atoms. The van der Waals surface area contributed by atoms with Crippen molar-refractivity contribution >= 4 is 0 Å². The van der Waals surface area contributed by atoms with Crippen molar-refractivity contribution in [1.29, 1.82) is 0 Å². The van der Waals surface area contributed by atoms with Gasteiger partial charge in [-0.3, -0.25) is 0 Å². The maximum Gasteiger partial charge on any atom is 0.119 e. The van der Waals surface area contributed by atoms with Gasteiger partial charge in [-0.2, -0.15) is 0 Å². The monoisotopic (exact) mass is 219 g/mol. The van der Waals surface area contributed by atoms with Gasteiger partial charge in [-0.25, -0.2) is 0 Å². The Labute approximate surface area is 98.0 Å². The number of hydrogen-bond donors (Lipinski definition) is 1. The second-order valence-corrected chi connectivity index (χ2v) is 4.58. The van der Waals surface area contributed by atoms with Crippen molar-refractivity contribution in [1.82, 2.24) is 5.32 Å². The molecule has 0 aliphatic heterocycles. The van der Waals surface area contributed by atoms with E-state index in [4.69, 9.17) is 4.74 Å². The highest BCUT2D eigenvalue weighted by Gasteiger charge is 2.29. The Bertz CT molecular complexity index is 333. The summed E-state index contributed by atoms with van der Waals surface area (Å²) < 4.78 is 5.22. The third-order valence-electron chi connectivity index (χ3n) is 3.33. The zero-order chi connectivity index (χ0) is 11.4. The lowest BCUT2D eigenvalue weighted by atomic mass is 10.1. The predicted octanol–water partition coefficient (Wildman–Crippen LogP) is 2.97. The highest BCUT2D eigenvalue weighted by atomic mass is 16.5. The van der Waals surface area contributed by atoms with Gasteiger partial charge in [0.05, 0.1) is 7.11 Å². The molecule has 1 aliphatic carbocycles. The zero-order valence-corrected chi connectivity index (χ0v) is 10.2. The minimum atomic E-state index is 0.700.